The van der Waals surface area contributed by atoms with E-state index in [1.165, 1.54) is 6.08 Å². The van der Waals surface area contributed by atoms with Crippen LogP contribution >= 0.6 is 0 Å². The Kier molecular flexibility index (Phi) is 4.76. The number of carbonyl (C=O) groups excluding carboxylic acids is 2. The van der Waals surface area contributed by atoms with Crippen molar-refractivity contribution >= 4 is 11.7 Å². The van der Waals surface area contributed by atoms with Crippen LogP contribution < -0.4 is 15.6 Å². The molecule has 1 aliphatic carbocycles. The number of benzene rings is 1. The Bertz CT molecular complexity index is 538. The average Bonchev–Trinajstić information content (AvgIpc) is 2.44. The van der Waals surface area contributed by atoms with E-state index in [0.29, 0.717) is 12.2 Å². The molecule has 106 valence electrons. The second-order valence-corrected chi connectivity index (χ2v) is 4.72. The molecule has 0 saturated heterocycles. The molecule has 5 nitrogen and oxygen atoms in total. The minimum atomic E-state index is -0.285. The number of aryl methyl sites for hydroxylation is 1. The Morgan fingerprint density at radius 1 is 1.30 bits per heavy atom. The predicted molar refractivity (Wildman–Crippen MR) is 74.9 cm³/mol. The summed E-state index contributed by atoms with van der Waals surface area (Å²) in [5, 5.41) is 0. The maximum absolute atomic E-state index is 11.6. The van der Waals surface area contributed by atoms with Crippen LogP contribution in [0.25, 0.3) is 0 Å². The Morgan fingerprint density at radius 2 is 2.10 bits per heavy atom. The topological polar surface area (TPSA) is 67.4 Å². The third kappa shape index (κ3) is 4.12. The van der Waals surface area contributed by atoms with Crippen molar-refractivity contribution in [1.29, 1.82) is 0 Å². The van der Waals surface area contributed by atoms with E-state index in [1.54, 1.807) is 0 Å². The molecule has 1 amide bonds. The Hall–Kier alpha value is -2.30. The molecule has 1 aliphatic rings. The molecule has 5 heteroatoms. The van der Waals surface area contributed by atoms with Gasteiger partial charge in [0.1, 0.15) is 5.75 Å². The lowest BCUT2D eigenvalue weighted by Crippen LogP contribution is -2.40. The first-order chi connectivity index (χ1) is 9.65. The maximum atomic E-state index is 11.6. The van der Waals surface area contributed by atoms with Crippen molar-refractivity contribution in [1.82, 2.24) is 10.9 Å². The van der Waals surface area contributed by atoms with Crippen LogP contribution in [0.15, 0.2) is 36.0 Å². The molecule has 0 aromatic heterocycles. The first kappa shape index (κ1) is 14.1. The van der Waals surface area contributed by atoms with E-state index in [-0.39, 0.29) is 18.3 Å². The summed E-state index contributed by atoms with van der Waals surface area (Å²) in [7, 11) is 0. The molecule has 0 fully saturated rings. The van der Waals surface area contributed by atoms with E-state index >= 15 is 0 Å². The first-order valence-corrected chi connectivity index (χ1v) is 6.62. The van der Waals surface area contributed by atoms with Crippen molar-refractivity contribution in [3.05, 3.63) is 41.6 Å². The smallest absolute Gasteiger partial charge is 0.276 e. The highest BCUT2D eigenvalue weighted by Crippen LogP contribution is 2.15. The zero-order chi connectivity index (χ0) is 14.4. The number of nitrogens with one attached hydrogen (secondary N) is 2. The maximum Gasteiger partial charge on any atom is 0.276 e. The van der Waals surface area contributed by atoms with Gasteiger partial charge in [-0.05, 0) is 31.4 Å². The molecular formula is C15H18N2O3. The van der Waals surface area contributed by atoms with Crippen LogP contribution in [0.3, 0.4) is 0 Å². The van der Waals surface area contributed by atoms with Crippen LogP contribution in [0.2, 0.25) is 0 Å². The normalized spacial score (nSPS) is 14.4. The van der Waals surface area contributed by atoms with E-state index < -0.39 is 0 Å². The lowest BCUT2D eigenvalue weighted by molar-refractivity contribution is -0.124. The molecule has 0 unspecified atom stereocenters. The Balaban J connectivity index is 1.76. The molecule has 2 N–H and O–H groups in total. The molecule has 0 atom stereocenters. The number of ketones is 1. The van der Waals surface area contributed by atoms with E-state index in [9.17, 15) is 9.59 Å². The van der Waals surface area contributed by atoms with Gasteiger partial charge in [0.25, 0.3) is 5.91 Å². The van der Waals surface area contributed by atoms with Crippen LogP contribution in [-0.4, -0.2) is 18.3 Å². The molecule has 0 spiro atoms. The van der Waals surface area contributed by atoms with Crippen molar-refractivity contribution < 1.29 is 14.3 Å². The summed E-state index contributed by atoms with van der Waals surface area (Å²) in [6.07, 6.45) is 3.69. The third-order valence-electron chi connectivity index (χ3n) is 3.02. The minimum absolute atomic E-state index is 0.0704. The van der Waals surface area contributed by atoms with Crippen molar-refractivity contribution in [2.24, 2.45) is 0 Å². The molecular weight excluding hydrogens is 256 g/mol. The highest BCUT2D eigenvalue weighted by Gasteiger charge is 2.10. The summed E-state index contributed by atoms with van der Waals surface area (Å²) in [4.78, 5) is 22.9. The molecule has 2 rings (SSSR count). The van der Waals surface area contributed by atoms with Crippen molar-refractivity contribution in [3.8, 4) is 5.75 Å². The summed E-state index contributed by atoms with van der Waals surface area (Å²) in [6.45, 7) is 1.85. The summed E-state index contributed by atoms with van der Waals surface area (Å²) in [5.74, 6) is 0.492. The Labute approximate surface area is 118 Å². The number of amides is 1. The van der Waals surface area contributed by atoms with Gasteiger partial charge in [0, 0.05) is 18.2 Å². The number of allylic oxidation sites excluding steroid dienone is 2. The third-order valence-corrected chi connectivity index (χ3v) is 3.02. The van der Waals surface area contributed by atoms with Crippen LogP contribution in [0.5, 0.6) is 5.75 Å². The van der Waals surface area contributed by atoms with Gasteiger partial charge in [0.05, 0.1) is 0 Å². The minimum Gasteiger partial charge on any atom is -0.483 e. The van der Waals surface area contributed by atoms with Gasteiger partial charge >= 0.3 is 0 Å². The second kappa shape index (κ2) is 6.75. The molecule has 0 aliphatic heterocycles. The van der Waals surface area contributed by atoms with Gasteiger partial charge in [-0.15, -0.1) is 0 Å². The average molecular weight is 274 g/mol. The fourth-order valence-corrected chi connectivity index (χ4v) is 1.94. The van der Waals surface area contributed by atoms with E-state index in [1.807, 2.05) is 31.2 Å². The number of hydrazine groups is 1. The van der Waals surface area contributed by atoms with Crippen LogP contribution in [0.1, 0.15) is 24.8 Å². The van der Waals surface area contributed by atoms with Gasteiger partial charge in [-0.3, -0.25) is 15.0 Å². The largest absolute Gasteiger partial charge is 0.483 e. The highest BCUT2D eigenvalue weighted by atomic mass is 16.5. The number of hydrogen-bond donors (Lipinski definition) is 2. The van der Waals surface area contributed by atoms with E-state index in [0.717, 1.165) is 24.1 Å². The zero-order valence-electron chi connectivity index (χ0n) is 11.4. The number of hydrogen-bond acceptors (Lipinski definition) is 4. The summed E-state index contributed by atoms with van der Waals surface area (Å²) in [6, 6.07) is 7.51. The second-order valence-electron chi connectivity index (χ2n) is 4.72. The molecule has 0 radical (unpaired) electrons. The standard InChI is InChI=1S/C15H18N2O3/c1-11-5-2-3-8-14(11)20-10-15(19)17-16-12-6-4-7-13(18)9-12/h2-3,5,8-9,16H,4,6-7,10H2,1H3,(H,17,19). The number of para-hydroxylation sites is 1. The Morgan fingerprint density at radius 3 is 2.85 bits per heavy atom. The summed E-state index contributed by atoms with van der Waals surface area (Å²) >= 11 is 0. The van der Waals surface area contributed by atoms with Crippen molar-refractivity contribution in [2.75, 3.05) is 6.61 Å². The lowest BCUT2D eigenvalue weighted by atomic mass is 10.0. The van der Waals surface area contributed by atoms with Crippen LogP contribution in [0, 0.1) is 6.92 Å². The zero-order valence-corrected chi connectivity index (χ0v) is 11.4. The molecule has 0 saturated carbocycles. The lowest BCUT2D eigenvalue weighted by Gasteiger charge is -2.15. The van der Waals surface area contributed by atoms with E-state index in [2.05, 4.69) is 10.9 Å². The van der Waals surface area contributed by atoms with E-state index in [4.69, 9.17) is 4.74 Å². The fourth-order valence-electron chi connectivity index (χ4n) is 1.94. The molecule has 1 aromatic rings. The SMILES string of the molecule is Cc1ccccc1OCC(=O)NNC1=CC(=O)CCC1. The monoisotopic (exact) mass is 274 g/mol. The summed E-state index contributed by atoms with van der Waals surface area (Å²) in [5.41, 5.74) is 7.01. The van der Waals surface area contributed by atoms with Crippen molar-refractivity contribution in [2.45, 2.75) is 26.2 Å². The van der Waals surface area contributed by atoms with Gasteiger partial charge in [-0.25, -0.2) is 0 Å². The fraction of sp³-hybridized carbons (Fsp3) is 0.333. The number of ether oxygens (including phenoxy) is 1. The molecule has 20 heavy (non-hydrogen) atoms. The predicted octanol–water partition coefficient (Wildman–Crippen LogP) is 1.63. The van der Waals surface area contributed by atoms with Crippen LogP contribution in [-0.2, 0) is 9.59 Å². The van der Waals surface area contributed by atoms with Crippen LogP contribution in [0.4, 0.5) is 0 Å². The number of carbonyl (C=O) groups is 2. The van der Waals surface area contributed by atoms with Gasteiger partial charge in [0.15, 0.2) is 12.4 Å². The van der Waals surface area contributed by atoms with Gasteiger partial charge in [0.2, 0.25) is 0 Å². The first-order valence-electron chi connectivity index (χ1n) is 6.62. The molecule has 1 aromatic carbocycles. The number of rotatable bonds is 5. The van der Waals surface area contributed by atoms with Crippen molar-refractivity contribution in [3.63, 3.8) is 0 Å². The molecule has 0 heterocycles. The van der Waals surface area contributed by atoms with Gasteiger partial charge < -0.3 is 10.2 Å². The quantitative estimate of drug-likeness (QED) is 0.801. The van der Waals surface area contributed by atoms with Gasteiger partial charge in [-0.2, -0.15) is 0 Å². The molecule has 0 bridgehead atoms. The summed E-state index contributed by atoms with van der Waals surface area (Å²) < 4.78 is 5.42. The van der Waals surface area contributed by atoms with Gasteiger partial charge in [-0.1, -0.05) is 18.2 Å². The highest BCUT2D eigenvalue weighted by molar-refractivity contribution is 5.91.